The van der Waals surface area contributed by atoms with Gasteiger partial charge in [0.15, 0.2) is 23.7 Å². The molecule has 3 aromatic rings. The average Bonchev–Trinajstić information content (AvgIpc) is 2.99. The minimum Gasteiger partial charge on any atom is -0.497 e. The zero-order valence-electron chi connectivity index (χ0n) is 26.3. The first-order chi connectivity index (χ1) is 22.3. The van der Waals surface area contributed by atoms with Crippen LogP contribution in [0, 0.1) is 0 Å². The van der Waals surface area contributed by atoms with Crippen LogP contribution in [-0.2, 0) is 47.7 Å². The standard InChI is InChI=1S/C32H32O15/c1-15(33)40-14-25-29(43-17(3)35)30(44-18(4)36)31(45-19(5)37)32(47-25)46-24-12-11-23-26(28(24)42-16(2)34)27(38)22(13-41-23)20-7-9-21(39-6)10-8-20/h7-13,25,29-32H,14H2,1-6H3/t25-,29-,30+,31-,32-/m0/s1. The van der Waals surface area contributed by atoms with Gasteiger partial charge in [0.25, 0.3) is 0 Å². The highest BCUT2D eigenvalue weighted by atomic mass is 16.7. The Morgan fingerprint density at radius 1 is 0.745 bits per heavy atom. The van der Waals surface area contributed by atoms with Crippen LogP contribution < -0.4 is 19.6 Å². The molecule has 2 heterocycles. The van der Waals surface area contributed by atoms with Gasteiger partial charge in [-0.2, -0.15) is 0 Å². The number of hydrogen-bond donors (Lipinski definition) is 0. The lowest BCUT2D eigenvalue weighted by molar-refractivity contribution is -0.288. The average molecular weight is 657 g/mol. The number of carbonyl (C=O) groups excluding carboxylic acids is 5. The van der Waals surface area contributed by atoms with Crippen LogP contribution in [0.5, 0.6) is 17.2 Å². The molecule has 1 aliphatic rings. The predicted molar refractivity (Wildman–Crippen MR) is 158 cm³/mol. The van der Waals surface area contributed by atoms with E-state index in [1.54, 1.807) is 24.3 Å². The highest BCUT2D eigenvalue weighted by Crippen LogP contribution is 2.39. The molecule has 2 aromatic carbocycles. The van der Waals surface area contributed by atoms with Gasteiger partial charge in [0.1, 0.15) is 35.7 Å². The summed E-state index contributed by atoms with van der Waals surface area (Å²) in [7, 11) is 1.50. The van der Waals surface area contributed by atoms with Crippen LogP contribution in [0.3, 0.4) is 0 Å². The third kappa shape index (κ3) is 8.24. The number of rotatable bonds is 10. The molecule has 0 radical (unpaired) electrons. The Kier molecular flexibility index (Phi) is 10.8. The smallest absolute Gasteiger partial charge is 0.308 e. The van der Waals surface area contributed by atoms with Crippen LogP contribution in [0.1, 0.15) is 34.6 Å². The molecule has 0 spiro atoms. The van der Waals surface area contributed by atoms with E-state index < -0.39 is 72.6 Å². The van der Waals surface area contributed by atoms with Gasteiger partial charge in [-0.3, -0.25) is 28.8 Å². The summed E-state index contributed by atoms with van der Waals surface area (Å²) < 4.78 is 49.8. The van der Waals surface area contributed by atoms with Gasteiger partial charge in [-0.25, -0.2) is 0 Å². The van der Waals surface area contributed by atoms with Gasteiger partial charge in [-0.1, -0.05) is 12.1 Å². The Morgan fingerprint density at radius 3 is 1.94 bits per heavy atom. The number of carbonyl (C=O) groups is 5. The van der Waals surface area contributed by atoms with Gasteiger partial charge in [-0.15, -0.1) is 0 Å². The molecule has 0 bridgehead atoms. The van der Waals surface area contributed by atoms with Crippen molar-refractivity contribution < 1.29 is 66.3 Å². The van der Waals surface area contributed by atoms with Gasteiger partial charge in [0.2, 0.25) is 17.8 Å². The molecule has 0 unspecified atom stereocenters. The zero-order valence-corrected chi connectivity index (χ0v) is 26.3. The SMILES string of the molecule is COc1ccc(-c2coc3ccc(O[C@H]4O[C@@H](COC(C)=O)[C@H](OC(C)=O)[C@@H](OC(C)=O)[C@@H]4OC(C)=O)c(OC(C)=O)c3c2=O)cc1. The van der Waals surface area contributed by atoms with E-state index in [1.165, 1.54) is 25.5 Å². The molecular weight excluding hydrogens is 624 g/mol. The second-order valence-electron chi connectivity index (χ2n) is 10.3. The maximum atomic E-state index is 13.9. The zero-order chi connectivity index (χ0) is 34.4. The molecule has 0 aliphatic carbocycles. The summed E-state index contributed by atoms with van der Waals surface area (Å²) in [4.78, 5) is 74.3. The van der Waals surface area contributed by atoms with Crippen molar-refractivity contribution in [3.63, 3.8) is 0 Å². The number of benzene rings is 2. The quantitative estimate of drug-likeness (QED) is 0.176. The van der Waals surface area contributed by atoms with Crippen molar-refractivity contribution in [2.75, 3.05) is 13.7 Å². The second kappa shape index (κ2) is 14.8. The van der Waals surface area contributed by atoms with Gasteiger partial charge < -0.3 is 42.3 Å². The van der Waals surface area contributed by atoms with Gasteiger partial charge in [-0.05, 0) is 29.8 Å². The number of esters is 5. The minimum absolute atomic E-state index is 0.0393. The van der Waals surface area contributed by atoms with Crippen LogP contribution in [-0.4, -0.2) is 74.3 Å². The van der Waals surface area contributed by atoms with E-state index in [1.807, 2.05) is 0 Å². The largest absolute Gasteiger partial charge is 0.497 e. The van der Waals surface area contributed by atoms with E-state index in [-0.39, 0.29) is 28.0 Å². The first-order valence-corrected chi connectivity index (χ1v) is 14.2. The van der Waals surface area contributed by atoms with Crippen LogP contribution in [0.2, 0.25) is 0 Å². The fourth-order valence-electron chi connectivity index (χ4n) is 4.89. The van der Waals surface area contributed by atoms with Crippen molar-refractivity contribution >= 4 is 40.8 Å². The molecule has 15 heteroatoms. The summed E-state index contributed by atoms with van der Waals surface area (Å²) in [5, 5.41) is -0.170. The van der Waals surface area contributed by atoms with E-state index in [0.717, 1.165) is 34.6 Å². The molecule has 5 atom stereocenters. The Balaban J connectivity index is 1.86. The molecule has 0 N–H and O–H groups in total. The third-order valence-electron chi connectivity index (χ3n) is 6.70. The van der Waals surface area contributed by atoms with Gasteiger partial charge in [0.05, 0.1) is 12.7 Å². The van der Waals surface area contributed by atoms with Gasteiger partial charge in [0, 0.05) is 34.6 Å². The number of hydrogen-bond acceptors (Lipinski definition) is 15. The third-order valence-corrected chi connectivity index (χ3v) is 6.70. The molecule has 250 valence electrons. The van der Waals surface area contributed by atoms with E-state index in [0.29, 0.717) is 11.3 Å². The fraction of sp³-hybridized carbons (Fsp3) is 0.375. The summed E-state index contributed by atoms with van der Waals surface area (Å²) in [6.07, 6.45) is -6.26. The topological polar surface area (TPSA) is 189 Å². The van der Waals surface area contributed by atoms with Crippen LogP contribution in [0.15, 0.2) is 51.9 Å². The number of fused-ring (bicyclic) bond motifs is 1. The lowest BCUT2D eigenvalue weighted by Gasteiger charge is -2.44. The Labute approximate surface area is 267 Å². The van der Waals surface area contributed by atoms with Crippen molar-refractivity contribution in [3.05, 3.63) is 52.9 Å². The van der Waals surface area contributed by atoms with Crippen molar-refractivity contribution in [1.82, 2.24) is 0 Å². The van der Waals surface area contributed by atoms with Crippen LogP contribution >= 0.6 is 0 Å². The molecule has 0 saturated carbocycles. The summed E-state index contributed by atoms with van der Waals surface area (Å²) in [6.45, 7) is 4.97. The first-order valence-electron chi connectivity index (χ1n) is 14.2. The van der Waals surface area contributed by atoms with E-state index >= 15 is 0 Å². The normalized spacial score (nSPS) is 20.4. The lowest BCUT2D eigenvalue weighted by Crippen LogP contribution is -2.63. The molecule has 1 saturated heterocycles. The van der Waals surface area contributed by atoms with Crippen molar-refractivity contribution in [2.24, 2.45) is 0 Å². The van der Waals surface area contributed by atoms with Crippen LogP contribution in [0.4, 0.5) is 0 Å². The maximum Gasteiger partial charge on any atom is 0.308 e. The number of ether oxygens (including phenoxy) is 8. The van der Waals surface area contributed by atoms with E-state index in [9.17, 15) is 28.8 Å². The molecule has 1 aliphatic heterocycles. The van der Waals surface area contributed by atoms with E-state index in [4.69, 9.17) is 42.3 Å². The fourth-order valence-corrected chi connectivity index (χ4v) is 4.89. The lowest BCUT2D eigenvalue weighted by atomic mass is 9.98. The number of methoxy groups -OCH3 is 1. The highest BCUT2D eigenvalue weighted by Gasteiger charge is 2.53. The van der Waals surface area contributed by atoms with Gasteiger partial charge >= 0.3 is 29.8 Å². The minimum atomic E-state index is -1.67. The first kappa shape index (κ1) is 34.4. The highest BCUT2D eigenvalue weighted by molar-refractivity contribution is 5.91. The molecule has 1 fully saturated rings. The van der Waals surface area contributed by atoms with Crippen molar-refractivity contribution in [3.8, 4) is 28.4 Å². The van der Waals surface area contributed by atoms with Crippen molar-refractivity contribution in [1.29, 1.82) is 0 Å². The Morgan fingerprint density at radius 2 is 1.36 bits per heavy atom. The molecular formula is C32H32O15. The van der Waals surface area contributed by atoms with E-state index in [2.05, 4.69) is 0 Å². The Bertz CT molecular complexity index is 1720. The molecule has 4 rings (SSSR count). The summed E-state index contributed by atoms with van der Waals surface area (Å²) >= 11 is 0. The monoisotopic (exact) mass is 656 g/mol. The predicted octanol–water partition coefficient (Wildman–Crippen LogP) is 2.86. The molecule has 1 aromatic heterocycles. The summed E-state index contributed by atoms with van der Waals surface area (Å²) in [6, 6.07) is 9.26. The molecule has 0 amide bonds. The maximum absolute atomic E-state index is 13.9. The molecule has 47 heavy (non-hydrogen) atoms. The van der Waals surface area contributed by atoms with Crippen LogP contribution in [0.25, 0.3) is 22.1 Å². The Hall–Kier alpha value is -5.44. The summed E-state index contributed by atoms with van der Waals surface area (Å²) in [5.41, 5.74) is 0.0520. The molecule has 15 nitrogen and oxygen atoms in total. The van der Waals surface area contributed by atoms with Crippen molar-refractivity contribution in [2.45, 2.75) is 65.3 Å². The second-order valence-corrected chi connectivity index (χ2v) is 10.3. The summed E-state index contributed by atoms with van der Waals surface area (Å²) in [5.74, 6) is -4.07.